The highest BCUT2D eigenvalue weighted by Crippen LogP contribution is 2.31. The van der Waals surface area contributed by atoms with E-state index in [0.717, 1.165) is 23.6 Å². The lowest BCUT2D eigenvalue weighted by atomic mass is 10.1. The highest BCUT2D eigenvalue weighted by molar-refractivity contribution is 7.89. The van der Waals surface area contributed by atoms with Crippen LogP contribution in [0.4, 0.5) is 0 Å². The number of ether oxygens (including phenoxy) is 2. The van der Waals surface area contributed by atoms with Crippen LogP contribution in [0.2, 0.25) is 0 Å². The van der Waals surface area contributed by atoms with Gasteiger partial charge in [0.05, 0.1) is 38.5 Å². The predicted molar refractivity (Wildman–Crippen MR) is 106 cm³/mol. The average molecular weight is 423 g/mol. The van der Waals surface area contributed by atoms with Crippen LogP contribution < -0.4 is 9.47 Å². The Balaban J connectivity index is 1.90. The standard InChI is InChI=1S/C20H26N2O6S/c1-26-18-9-8-17(13-19(18)27-2)29(24,25)22(14-16-7-6-12-28-16)15-20(23)21-10-4-3-5-11-21/h6-9,12-13H,3-5,10-11,14-15H2,1-2H3. The molecule has 29 heavy (non-hydrogen) atoms. The molecule has 1 aromatic heterocycles. The molecule has 1 fully saturated rings. The van der Waals surface area contributed by atoms with E-state index in [1.54, 1.807) is 17.0 Å². The number of carbonyl (C=O) groups is 1. The van der Waals surface area contributed by atoms with Crippen LogP contribution >= 0.6 is 0 Å². The fraction of sp³-hybridized carbons (Fsp3) is 0.450. The number of carbonyl (C=O) groups excluding carboxylic acids is 1. The van der Waals surface area contributed by atoms with E-state index in [1.165, 1.54) is 38.7 Å². The molecule has 158 valence electrons. The van der Waals surface area contributed by atoms with Crippen LogP contribution in [-0.4, -0.2) is 57.4 Å². The van der Waals surface area contributed by atoms with Gasteiger partial charge in [-0.15, -0.1) is 0 Å². The Morgan fingerprint density at radius 3 is 2.45 bits per heavy atom. The first-order valence-corrected chi connectivity index (χ1v) is 10.9. The summed E-state index contributed by atoms with van der Waals surface area (Å²) in [6.45, 7) is 1.02. The molecule has 0 aliphatic carbocycles. The van der Waals surface area contributed by atoms with Gasteiger partial charge in [-0.25, -0.2) is 8.42 Å². The molecule has 1 aliphatic heterocycles. The minimum atomic E-state index is -3.98. The molecular weight excluding hydrogens is 396 g/mol. The molecule has 1 aliphatic rings. The SMILES string of the molecule is COc1ccc(S(=O)(=O)N(CC(=O)N2CCCCC2)Cc2ccco2)cc1OC. The van der Waals surface area contributed by atoms with E-state index in [0.29, 0.717) is 30.3 Å². The van der Waals surface area contributed by atoms with E-state index in [9.17, 15) is 13.2 Å². The summed E-state index contributed by atoms with van der Waals surface area (Å²) < 4.78 is 43.6. The summed E-state index contributed by atoms with van der Waals surface area (Å²) in [4.78, 5) is 14.5. The van der Waals surface area contributed by atoms with Crippen molar-refractivity contribution in [3.63, 3.8) is 0 Å². The van der Waals surface area contributed by atoms with Crippen molar-refractivity contribution in [3.05, 3.63) is 42.4 Å². The Morgan fingerprint density at radius 2 is 1.83 bits per heavy atom. The fourth-order valence-corrected chi connectivity index (χ4v) is 4.69. The zero-order valence-electron chi connectivity index (χ0n) is 16.7. The molecule has 1 amide bonds. The van der Waals surface area contributed by atoms with E-state index in [1.807, 2.05) is 0 Å². The van der Waals surface area contributed by atoms with E-state index in [2.05, 4.69) is 0 Å². The summed E-state index contributed by atoms with van der Waals surface area (Å²) in [5.74, 6) is 0.975. The zero-order chi connectivity index (χ0) is 20.9. The second-order valence-electron chi connectivity index (χ2n) is 6.81. The molecule has 0 N–H and O–H groups in total. The molecular formula is C20H26N2O6S. The highest BCUT2D eigenvalue weighted by atomic mass is 32.2. The molecule has 1 aromatic carbocycles. The van der Waals surface area contributed by atoms with Gasteiger partial charge in [0.2, 0.25) is 15.9 Å². The number of methoxy groups -OCH3 is 2. The van der Waals surface area contributed by atoms with Crippen molar-refractivity contribution < 1.29 is 27.1 Å². The van der Waals surface area contributed by atoms with Crippen molar-refractivity contribution in [2.45, 2.75) is 30.7 Å². The monoisotopic (exact) mass is 422 g/mol. The number of benzene rings is 1. The molecule has 0 spiro atoms. The third-order valence-corrected chi connectivity index (χ3v) is 6.71. The number of sulfonamides is 1. The first kappa shape index (κ1) is 21.2. The molecule has 1 saturated heterocycles. The van der Waals surface area contributed by atoms with Gasteiger partial charge < -0.3 is 18.8 Å². The largest absolute Gasteiger partial charge is 0.493 e. The van der Waals surface area contributed by atoms with Gasteiger partial charge in [-0.3, -0.25) is 4.79 Å². The number of rotatable bonds is 8. The number of piperidine rings is 1. The Kier molecular flexibility index (Phi) is 6.81. The van der Waals surface area contributed by atoms with Gasteiger partial charge in [-0.2, -0.15) is 4.31 Å². The lowest BCUT2D eigenvalue weighted by Crippen LogP contribution is -2.44. The van der Waals surface area contributed by atoms with E-state index in [4.69, 9.17) is 13.9 Å². The number of amides is 1. The van der Waals surface area contributed by atoms with Gasteiger partial charge in [0.25, 0.3) is 0 Å². The van der Waals surface area contributed by atoms with Gasteiger partial charge in [0, 0.05) is 19.2 Å². The first-order valence-electron chi connectivity index (χ1n) is 9.48. The van der Waals surface area contributed by atoms with Crippen LogP contribution in [0.3, 0.4) is 0 Å². The van der Waals surface area contributed by atoms with Crippen molar-refractivity contribution in [1.29, 1.82) is 0 Å². The number of nitrogens with zero attached hydrogens (tertiary/aromatic N) is 2. The molecule has 0 unspecified atom stereocenters. The van der Waals surface area contributed by atoms with Gasteiger partial charge in [-0.1, -0.05) is 0 Å². The molecule has 3 rings (SSSR count). The molecule has 0 bridgehead atoms. The highest BCUT2D eigenvalue weighted by Gasteiger charge is 2.30. The fourth-order valence-electron chi connectivity index (χ4n) is 3.32. The van der Waals surface area contributed by atoms with E-state index in [-0.39, 0.29) is 23.9 Å². The van der Waals surface area contributed by atoms with Crippen molar-refractivity contribution in [2.24, 2.45) is 0 Å². The molecule has 9 heteroatoms. The Labute approximate surface area is 171 Å². The minimum absolute atomic E-state index is 0.0214. The predicted octanol–water partition coefficient (Wildman–Crippen LogP) is 2.50. The third kappa shape index (κ3) is 4.91. The Morgan fingerprint density at radius 1 is 1.10 bits per heavy atom. The average Bonchev–Trinajstić information content (AvgIpc) is 3.26. The second kappa shape index (κ2) is 9.32. The lowest BCUT2D eigenvalue weighted by molar-refractivity contribution is -0.132. The summed E-state index contributed by atoms with van der Waals surface area (Å²) in [6, 6.07) is 7.74. The molecule has 0 radical (unpaired) electrons. The van der Waals surface area contributed by atoms with Crippen molar-refractivity contribution in [3.8, 4) is 11.5 Å². The molecule has 0 saturated carbocycles. The number of furan rings is 1. The maximum absolute atomic E-state index is 13.4. The van der Waals surface area contributed by atoms with Crippen LogP contribution in [0.1, 0.15) is 25.0 Å². The molecule has 2 heterocycles. The zero-order valence-corrected chi connectivity index (χ0v) is 17.5. The van der Waals surface area contributed by atoms with Gasteiger partial charge in [0.15, 0.2) is 11.5 Å². The van der Waals surface area contributed by atoms with Crippen LogP contribution in [0.5, 0.6) is 11.5 Å². The summed E-state index contributed by atoms with van der Waals surface area (Å²) in [5, 5.41) is 0. The molecule has 8 nitrogen and oxygen atoms in total. The van der Waals surface area contributed by atoms with E-state index >= 15 is 0 Å². The number of likely N-dealkylation sites (tertiary alicyclic amines) is 1. The maximum Gasteiger partial charge on any atom is 0.244 e. The van der Waals surface area contributed by atoms with Crippen LogP contribution in [0, 0.1) is 0 Å². The lowest BCUT2D eigenvalue weighted by Gasteiger charge is -2.29. The summed E-state index contributed by atoms with van der Waals surface area (Å²) in [7, 11) is -1.06. The second-order valence-corrected chi connectivity index (χ2v) is 8.75. The Bertz CT molecular complexity index is 920. The third-order valence-electron chi connectivity index (χ3n) is 4.93. The summed E-state index contributed by atoms with van der Waals surface area (Å²) in [6.07, 6.45) is 4.44. The number of hydrogen-bond donors (Lipinski definition) is 0. The van der Waals surface area contributed by atoms with Gasteiger partial charge in [-0.05, 0) is 43.5 Å². The van der Waals surface area contributed by atoms with Crippen molar-refractivity contribution in [2.75, 3.05) is 33.9 Å². The summed E-state index contributed by atoms with van der Waals surface area (Å²) in [5.41, 5.74) is 0. The van der Waals surface area contributed by atoms with Crippen molar-refractivity contribution >= 4 is 15.9 Å². The minimum Gasteiger partial charge on any atom is -0.493 e. The maximum atomic E-state index is 13.4. The van der Waals surface area contributed by atoms with Gasteiger partial charge >= 0.3 is 0 Å². The van der Waals surface area contributed by atoms with Crippen molar-refractivity contribution in [1.82, 2.24) is 9.21 Å². The molecule has 0 atom stereocenters. The Hall–Kier alpha value is -2.52. The van der Waals surface area contributed by atoms with E-state index < -0.39 is 10.0 Å². The van der Waals surface area contributed by atoms with Crippen LogP contribution in [0.25, 0.3) is 0 Å². The smallest absolute Gasteiger partial charge is 0.244 e. The molecule has 2 aromatic rings. The first-order chi connectivity index (χ1) is 14.0. The topological polar surface area (TPSA) is 89.3 Å². The summed E-state index contributed by atoms with van der Waals surface area (Å²) >= 11 is 0. The normalized spacial score (nSPS) is 14.8. The quantitative estimate of drug-likeness (QED) is 0.649. The van der Waals surface area contributed by atoms with Gasteiger partial charge in [0.1, 0.15) is 5.76 Å². The number of hydrogen-bond acceptors (Lipinski definition) is 6. The van der Waals surface area contributed by atoms with Crippen LogP contribution in [-0.2, 0) is 21.4 Å². The van der Waals surface area contributed by atoms with Crippen LogP contribution in [0.15, 0.2) is 45.9 Å².